The number of imidazole rings is 1. The zero-order valence-corrected chi connectivity index (χ0v) is 17.6. The quantitative estimate of drug-likeness (QED) is 0.597. The third kappa shape index (κ3) is 4.83. The molecule has 0 N–H and O–H groups in total. The van der Waals surface area contributed by atoms with Gasteiger partial charge >= 0.3 is 0 Å². The molecule has 0 amide bonds. The number of hydrogen-bond donors (Lipinski definition) is 0. The summed E-state index contributed by atoms with van der Waals surface area (Å²) in [5, 5.41) is 0. The highest BCUT2D eigenvalue weighted by molar-refractivity contribution is 7.84. The van der Waals surface area contributed by atoms with Gasteiger partial charge in [0, 0.05) is 59.3 Å². The van der Waals surface area contributed by atoms with E-state index in [9.17, 15) is 4.21 Å². The van der Waals surface area contributed by atoms with Gasteiger partial charge in [-0.3, -0.25) is 9.11 Å². The molecule has 0 aliphatic carbocycles. The van der Waals surface area contributed by atoms with Crippen molar-refractivity contribution in [1.82, 2.24) is 14.5 Å². The summed E-state index contributed by atoms with van der Waals surface area (Å²) in [5.74, 6) is 0. The van der Waals surface area contributed by atoms with Crippen LogP contribution in [0.15, 0.2) is 65.8 Å². The molecule has 0 bridgehead atoms. The third-order valence-electron chi connectivity index (χ3n) is 5.30. The van der Waals surface area contributed by atoms with Crippen LogP contribution in [-0.2, 0) is 22.1 Å². The van der Waals surface area contributed by atoms with Crippen LogP contribution in [0.2, 0.25) is 0 Å². The van der Waals surface area contributed by atoms with Crippen molar-refractivity contribution in [2.75, 3.05) is 39.1 Å². The van der Waals surface area contributed by atoms with E-state index in [1.54, 1.807) is 6.26 Å². The van der Waals surface area contributed by atoms with E-state index < -0.39 is 10.8 Å². The minimum absolute atomic E-state index is 0.823. The molecule has 1 atom stereocenters. The van der Waals surface area contributed by atoms with E-state index in [1.165, 1.54) is 0 Å². The molecule has 1 unspecified atom stereocenters. The van der Waals surface area contributed by atoms with Gasteiger partial charge in [0.05, 0.1) is 30.9 Å². The molecule has 2 heterocycles. The molecule has 152 valence electrons. The molecular formula is C23H27N3O2S. The molecule has 2 aromatic carbocycles. The number of aryl methyl sites for hydroxylation is 1. The van der Waals surface area contributed by atoms with Gasteiger partial charge in [-0.1, -0.05) is 42.5 Å². The molecule has 5 nitrogen and oxygen atoms in total. The van der Waals surface area contributed by atoms with E-state index in [2.05, 4.69) is 33.7 Å². The Balaban J connectivity index is 1.62. The Hall–Kier alpha value is -2.28. The molecule has 0 spiro atoms. The van der Waals surface area contributed by atoms with Crippen molar-refractivity contribution in [2.24, 2.45) is 0 Å². The van der Waals surface area contributed by atoms with Gasteiger partial charge in [-0.2, -0.15) is 0 Å². The zero-order valence-electron chi connectivity index (χ0n) is 16.8. The second-order valence-electron chi connectivity index (χ2n) is 7.29. The predicted octanol–water partition coefficient (Wildman–Crippen LogP) is 3.68. The molecule has 0 saturated carbocycles. The molecule has 0 radical (unpaired) electrons. The zero-order chi connectivity index (χ0) is 20.1. The maximum atomic E-state index is 12.0. The molecule has 29 heavy (non-hydrogen) atoms. The van der Waals surface area contributed by atoms with Gasteiger partial charge in [-0.15, -0.1) is 0 Å². The van der Waals surface area contributed by atoms with E-state index in [0.717, 1.165) is 73.2 Å². The minimum Gasteiger partial charge on any atom is -0.379 e. The van der Waals surface area contributed by atoms with Crippen LogP contribution in [0.25, 0.3) is 22.5 Å². The number of ether oxygens (including phenoxy) is 1. The van der Waals surface area contributed by atoms with Crippen LogP contribution >= 0.6 is 0 Å². The van der Waals surface area contributed by atoms with E-state index in [4.69, 9.17) is 9.72 Å². The van der Waals surface area contributed by atoms with Crippen LogP contribution in [0.1, 0.15) is 6.42 Å². The van der Waals surface area contributed by atoms with Crippen molar-refractivity contribution in [1.29, 1.82) is 0 Å². The molecule has 3 aromatic rings. The molecule has 4 rings (SSSR count). The fourth-order valence-electron chi connectivity index (χ4n) is 3.77. The van der Waals surface area contributed by atoms with Crippen LogP contribution in [0.5, 0.6) is 0 Å². The van der Waals surface area contributed by atoms with Gasteiger partial charge in [0.25, 0.3) is 0 Å². The van der Waals surface area contributed by atoms with Crippen LogP contribution in [0.4, 0.5) is 0 Å². The van der Waals surface area contributed by atoms with E-state index >= 15 is 0 Å². The number of nitrogens with zero attached hydrogens (tertiary/aromatic N) is 3. The van der Waals surface area contributed by atoms with Crippen molar-refractivity contribution in [3.05, 3.63) is 60.9 Å². The highest BCUT2D eigenvalue weighted by atomic mass is 32.2. The number of rotatable bonds is 7. The maximum absolute atomic E-state index is 12.0. The van der Waals surface area contributed by atoms with Gasteiger partial charge < -0.3 is 9.30 Å². The van der Waals surface area contributed by atoms with Gasteiger partial charge in [0.15, 0.2) is 0 Å². The first-order valence-corrected chi connectivity index (χ1v) is 11.6. The Kier molecular flexibility index (Phi) is 6.54. The lowest BCUT2D eigenvalue weighted by molar-refractivity contribution is 0.0369. The molecule has 1 aromatic heterocycles. The summed E-state index contributed by atoms with van der Waals surface area (Å²) in [7, 11) is -1.02. The van der Waals surface area contributed by atoms with Crippen molar-refractivity contribution in [3.8, 4) is 22.5 Å². The van der Waals surface area contributed by atoms with Crippen LogP contribution in [0, 0.1) is 0 Å². The van der Waals surface area contributed by atoms with Gasteiger partial charge in [-0.05, 0) is 18.6 Å². The van der Waals surface area contributed by atoms with E-state index in [0.29, 0.717) is 0 Å². The number of aromatic nitrogens is 2. The second kappa shape index (κ2) is 9.48. The first-order valence-electron chi connectivity index (χ1n) is 10.1. The summed E-state index contributed by atoms with van der Waals surface area (Å²) in [4.78, 5) is 8.04. The standard InChI is InChI=1S/C23H27N3O2S/c1-29(27)21-10-5-9-20(17-21)22-23(19-7-3-2-4-8-19)26(18-24-22)12-6-11-25-13-15-28-16-14-25/h2-5,7-10,17-18H,6,11-16H2,1H3. The maximum Gasteiger partial charge on any atom is 0.0963 e. The Morgan fingerprint density at radius 1 is 1.00 bits per heavy atom. The number of benzene rings is 2. The summed E-state index contributed by atoms with van der Waals surface area (Å²) in [6, 6.07) is 18.3. The predicted molar refractivity (Wildman–Crippen MR) is 117 cm³/mol. The Bertz CT molecular complexity index is 965. The average molecular weight is 410 g/mol. The van der Waals surface area contributed by atoms with Crippen molar-refractivity contribution in [2.45, 2.75) is 17.9 Å². The largest absolute Gasteiger partial charge is 0.379 e. The number of hydrogen-bond acceptors (Lipinski definition) is 4. The average Bonchev–Trinajstić information content (AvgIpc) is 3.19. The fourth-order valence-corrected chi connectivity index (χ4v) is 4.34. The van der Waals surface area contributed by atoms with Crippen molar-refractivity contribution in [3.63, 3.8) is 0 Å². The third-order valence-corrected chi connectivity index (χ3v) is 6.22. The lowest BCUT2D eigenvalue weighted by Gasteiger charge is -2.26. The van der Waals surface area contributed by atoms with Gasteiger partial charge in [-0.25, -0.2) is 4.98 Å². The molecule has 6 heteroatoms. The van der Waals surface area contributed by atoms with Crippen LogP contribution in [0.3, 0.4) is 0 Å². The fraction of sp³-hybridized carbons (Fsp3) is 0.348. The summed E-state index contributed by atoms with van der Waals surface area (Å²) in [5.41, 5.74) is 4.21. The SMILES string of the molecule is CS(=O)c1cccc(-c2ncn(CCCN3CCOCC3)c2-c2ccccc2)c1. The molecular weight excluding hydrogens is 382 g/mol. The highest BCUT2D eigenvalue weighted by Gasteiger charge is 2.16. The Labute approximate surface area is 174 Å². The van der Waals surface area contributed by atoms with Crippen LogP contribution < -0.4 is 0 Å². The summed E-state index contributed by atoms with van der Waals surface area (Å²) in [6.07, 6.45) is 4.71. The summed E-state index contributed by atoms with van der Waals surface area (Å²) in [6.45, 7) is 5.67. The van der Waals surface area contributed by atoms with E-state index in [-0.39, 0.29) is 0 Å². The van der Waals surface area contributed by atoms with Crippen LogP contribution in [-0.4, -0.2) is 57.8 Å². The normalized spacial score (nSPS) is 16.0. The second-order valence-corrected chi connectivity index (χ2v) is 8.67. The lowest BCUT2D eigenvalue weighted by atomic mass is 10.0. The lowest BCUT2D eigenvalue weighted by Crippen LogP contribution is -2.37. The van der Waals surface area contributed by atoms with Gasteiger partial charge in [0.1, 0.15) is 0 Å². The monoisotopic (exact) mass is 409 g/mol. The number of morpholine rings is 1. The first-order chi connectivity index (χ1) is 14.2. The Morgan fingerprint density at radius 3 is 2.52 bits per heavy atom. The molecule has 1 fully saturated rings. The molecule has 1 aliphatic heterocycles. The minimum atomic E-state index is -1.02. The van der Waals surface area contributed by atoms with E-state index in [1.807, 2.05) is 36.7 Å². The van der Waals surface area contributed by atoms with Gasteiger partial charge in [0.2, 0.25) is 0 Å². The smallest absolute Gasteiger partial charge is 0.0963 e. The van der Waals surface area contributed by atoms with Crippen molar-refractivity contribution >= 4 is 10.8 Å². The summed E-state index contributed by atoms with van der Waals surface area (Å²) < 4.78 is 19.6. The topological polar surface area (TPSA) is 47.4 Å². The first kappa shape index (κ1) is 20.0. The molecule has 1 saturated heterocycles. The highest BCUT2D eigenvalue weighted by Crippen LogP contribution is 2.32. The Morgan fingerprint density at radius 2 is 1.76 bits per heavy atom. The van der Waals surface area contributed by atoms with Crippen molar-refractivity contribution < 1.29 is 8.95 Å². The summed E-state index contributed by atoms with van der Waals surface area (Å²) >= 11 is 0. The molecule has 1 aliphatic rings.